The molecule has 0 fully saturated rings. The number of rotatable bonds is 4. The van der Waals surface area contributed by atoms with Crippen molar-refractivity contribution in [3.8, 4) is 22.5 Å². The molecule has 1 aromatic carbocycles. The lowest BCUT2D eigenvalue weighted by molar-refractivity contribution is -0.106. The van der Waals surface area contributed by atoms with Gasteiger partial charge in [-0.2, -0.15) is 0 Å². The number of hydrogen-bond acceptors (Lipinski definition) is 3. The molecule has 10 heteroatoms. The number of carbonyl (C=O) groups is 1. The molecule has 0 aliphatic heterocycles. The van der Waals surface area contributed by atoms with Gasteiger partial charge in [0.2, 0.25) is 6.41 Å². The molecular formula is C20H17ClF3N5O. The van der Waals surface area contributed by atoms with E-state index in [4.69, 9.17) is 16.4 Å². The van der Waals surface area contributed by atoms with Crippen molar-refractivity contribution >= 4 is 23.7 Å². The minimum Gasteiger partial charge on any atom is -0.372 e. The van der Waals surface area contributed by atoms with E-state index in [2.05, 4.69) is 15.7 Å². The monoisotopic (exact) mass is 435 g/mol. The molecule has 30 heavy (non-hydrogen) atoms. The van der Waals surface area contributed by atoms with Crippen molar-refractivity contribution in [3.63, 3.8) is 0 Å². The Bertz CT molecular complexity index is 1190. The number of benzene rings is 1. The van der Waals surface area contributed by atoms with E-state index in [1.165, 1.54) is 29.1 Å². The fourth-order valence-corrected chi connectivity index (χ4v) is 3.25. The number of fused-ring (bicyclic) bond motifs is 1. The van der Waals surface area contributed by atoms with Crippen LogP contribution in [0.15, 0.2) is 49.1 Å². The van der Waals surface area contributed by atoms with Crippen molar-refractivity contribution < 1.29 is 18.0 Å². The Morgan fingerprint density at radius 1 is 1.20 bits per heavy atom. The van der Waals surface area contributed by atoms with E-state index in [0.717, 1.165) is 11.3 Å². The molecule has 3 aromatic heterocycles. The van der Waals surface area contributed by atoms with Gasteiger partial charge >= 0.3 is 0 Å². The summed E-state index contributed by atoms with van der Waals surface area (Å²) < 4.78 is 43.0. The van der Waals surface area contributed by atoms with Crippen LogP contribution in [0.1, 0.15) is 5.69 Å². The third kappa shape index (κ3) is 4.30. The second-order valence-corrected chi connectivity index (χ2v) is 6.70. The van der Waals surface area contributed by atoms with Gasteiger partial charge in [-0.1, -0.05) is 11.6 Å². The Hall–Kier alpha value is -3.33. The largest absolute Gasteiger partial charge is 0.372 e. The lowest BCUT2D eigenvalue weighted by Crippen LogP contribution is -2.07. The highest BCUT2D eigenvalue weighted by Crippen LogP contribution is 2.33. The molecule has 1 amide bonds. The number of nitrogens with two attached hydrogens (primary N) is 1. The van der Waals surface area contributed by atoms with Crippen LogP contribution in [-0.4, -0.2) is 31.8 Å². The highest BCUT2D eigenvalue weighted by Gasteiger charge is 2.19. The van der Waals surface area contributed by atoms with Gasteiger partial charge in [0, 0.05) is 29.2 Å². The molecule has 0 radical (unpaired) electrons. The van der Waals surface area contributed by atoms with Crippen LogP contribution in [0.4, 0.5) is 13.2 Å². The van der Waals surface area contributed by atoms with Crippen LogP contribution >= 0.6 is 11.6 Å². The van der Waals surface area contributed by atoms with E-state index in [1.807, 2.05) is 23.6 Å². The molecular weight excluding hydrogens is 419 g/mol. The molecule has 0 saturated heterocycles. The first-order valence-electron chi connectivity index (χ1n) is 8.73. The van der Waals surface area contributed by atoms with Crippen molar-refractivity contribution in [1.29, 1.82) is 0 Å². The van der Waals surface area contributed by atoms with E-state index in [9.17, 15) is 13.2 Å². The number of hydrogen-bond donors (Lipinski definition) is 1. The molecule has 0 bridgehead atoms. The van der Waals surface area contributed by atoms with Crippen LogP contribution in [0.2, 0.25) is 5.02 Å². The number of amides is 1. The molecule has 0 aliphatic carbocycles. The Kier molecular flexibility index (Phi) is 6.41. The van der Waals surface area contributed by atoms with Gasteiger partial charge in [-0.3, -0.25) is 4.79 Å². The highest BCUT2D eigenvalue weighted by atomic mass is 35.5. The van der Waals surface area contributed by atoms with E-state index in [1.54, 1.807) is 12.3 Å². The Morgan fingerprint density at radius 2 is 1.90 bits per heavy atom. The van der Waals surface area contributed by atoms with Gasteiger partial charge in [-0.05, 0) is 37.3 Å². The van der Waals surface area contributed by atoms with Crippen molar-refractivity contribution in [2.24, 2.45) is 5.73 Å². The Balaban J connectivity index is 0.000000806. The number of pyridine rings is 1. The summed E-state index contributed by atoms with van der Waals surface area (Å²) in [5, 5.41) is -0.0530. The Labute approximate surface area is 174 Å². The second kappa shape index (κ2) is 9.00. The second-order valence-electron chi connectivity index (χ2n) is 6.30. The fraction of sp³-hybridized carbons (Fsp3) is 0.150. The number of aromatic nitrogens is 4. The molecule has 0 unspecified atom stereocenters. The van der Waals surface area contributed by atoms with Crippen LogP contribution in [0, 0.1) is 12.7 Å². The smallest absolute Gasteiger partial charge is 0.256 e. The molecule has 0 atom stereocenters. The fourth-order valence-electron chi connectivity index (χ4n) is 3.07. The molecule has 4 rings (SSSR count). The van der Waals surface area contributed by atoms with Crippen LogP contribution in [0.25, 0.3) is 28.2 Å². The number of nitrogens with zero attached hydrogens (tertiary/aromatic N) is 4. The third-order valence-electron chi connectivity index (χ3n) is 4.33. The summed E-state index contributed by atoms with van der Waals surface area (Å²) in [4.78, 5) is 17.2. The number of primary amides is 1. The first-order valence-corrected chi connectivity index (χ1v) is 9.11. The quantitative estimate of drug-likeness (QED) is 0.484. The van der Waals surface area contributed by atoms with Crippen LogP contribution in [0.5, 0.6) is 0 Å². The average molecular weight is 436 g/mol. The van der Waals surface area contributed by atoms with Gasteiger partial charge in [0.25, 0.3) is 6.43 Å². The number of aryl methyl sites for hydroxylation is 1. The van der Waals surface area contributed by atoms with Crippen LogP contribution in [-0.2, 0) is 11.3 Å². The lowest BCUT2D eigenvalue weighted by Gasteiger charge is -2.11. The normalized spacial score (nSPS) is 10.9. The summed E-state index contributed by atoms with van der Waals surface area (Å²) in [5.74, 6) is -0.551. The third-order valence-corrected chi connectivity index (χ3v) is 4.62. The SMILES string of the molecule is Cc1cnc2ccc(-c3c(-c4ccc(F)c(Cl)c4)ncn3CC(F)F)cn12.NC=O. The molecule has 6 nitrogen and oxygen atoms in total. The molecule has 2 N–H and O–H groups in total. The summed E-state index contributed by atoms with van der Waals surface area (Å²) in [5.41, 5.74) is 8.03. The molecule has 4 aromatic rings. The maximum absolute atomic E-state index is 13.5. The topological polar surface area (TPSA) is 78.2 Å². The van der Waals surface area contributed by atoms with Gasteiger partial charge in [0.1, 0.15) is 11.5 Å². The maximum Gasteiger partial charge on any atom is 0.256 e. The number of halogens is 4. The molecule has 156 valence electrons. The molecule has 0 saturated carbocycles. The van der Waals surface area contributed by atoms with Gasteiger partial charge < -0.3 is 14.7 Å². The number of alkyl halides is 2. The summed E-state index contributed by atoms with van der Waals surface area (Å²) >= 11 is 5.90. The zero-order valence-corrected chi connectivity index (χ0v) is 16.5. The van der Waals surface area contributed by atoms with Gasteiger partial charge in [-0.15, -0.1) is 0 Å². The van der Waals surface area contributed by atoms with Gasteiger partial charge in [0.15, 0.2) is 0 Å². The van der Waals surface area contributed by atoms with Gasteiger partial charge in [0.05, 0.1) is 29.3 Å². The summed E-state index contributed by atoms with van der Waals surface area (Å²) in [6, 6.07) is 7.81. The molecule has 3 heterocycles. The first-order chi connectivity index (χ1) is 14.3. The van der Waals surface area contributed by atoms with E-state index in [0.29, 0.717) is 22.5 Å². The average Bonchev–Trinajstić information content (AvgIpc) is 3.28. The van der Waals surface area contributed by atoms with Crippen LogP contribution in [0.3, 0.4) is 0 Å². The van der Waals surface area contributed by atoms with Crippen molar-refractivity contribution in [2.75, 3.05) is 0 Å². The van der Waals surface area contributed by atoms with Crippen molar-refractivity contribution in [3.05, 3.63) is 65.6 Å². The predicted octanol–water partition coefficient (Wildman–Crippen LogP) is 4.33. The molecule has 0 aliphatic rings. The maximum atomic E-state index is 13.5. The van der Waals surface area contributed by atoms with Crippen molar-refractivity contribution in [1.82, 2.24) is 18.9 Å². The summed E-state index contributed by atoms with van der Waals surface area (Å²) in [6.45, 7) is 1.40. The van der Waals surface area contributed by atoms with E-state index < -0.39 is 18.8 Å². The predicted molar refractivity (Wildman–Crippen MR) is 108 cm³/mol. The minimum absolute atomic E-state index is 0.0530. The number of carbonyl (C=O) groups excluding carboxylic acids is 1. The zero-order chi connectivity index (χ0) is 21.8. The van der Waals surface area contributed by atoms with Gasteiger partial charge in [-0.25, -0.2) is 23.1 Å². The van der Waals surface area contributed by atoms with Crippen molar-refractivity contribution in [2.45, 2.75) is 19.9 Å². The van der Waals surface area contributed by atoms with E-state index in [-0.39, 0.29) is 11.4 Å². The minimum atomic E-state index is -2.54. The number of imidazole rings is 2. The Morgan fingerprint density at radius 3 is 2.57 bits per heavy atom. The highest BCUT2D eigenvalue weighted by molar-refractivity contribution is 6.31. The first kappa shape index (κ1) is 21.4. The summed E-state index contributed by atoms with van der Waals surface area (Å²) in [7, 11) is 0. The lowest BCUT2D eigenvalue weighted by atomic mass is 10.1. The van der Waals surface area contributed by atoms with E-state index >= 15 is 0 Å². The standard InChI is InChI=1S/C19H14ClF3N4.CH3NO/c1-11-7-24-17-5-3-13(8-27(11)17)19-18(25-10-26(19)9-16(22)23)12-2-4-15(21)14(20)6-12;2-1-3/h2-8,10,16H,9H2,1H3;1H,(H2,2,3). The van der Waals surface area contributed by atoms with Crippen LogP contribution < -0.4 is 5.73 Å². The molecule has 0 spiro atoms. The summed E-state index contributed by atoms with van der Waals surface area (Å²) in [6.07, 6.45) is 2.63. The zero-order valence-electron chi connectivity index (χ0n) is 15.8.